The highest BCUT2D eigenvalue weighted by atomic mass is 16.2. The van der Waals surface area contributed by atoms with E-state index in [0.29, 0.717) is 0 Å². The molecule has 0 spiro atoms. The van der Waals surface area contributed by atoms with Crippen LogP contribution >= 0.6 is 0 Å². The molecule has 23 heavy (non-hydrogen) atoms. The summed E-state index contributed by atoms with van der Waals surface area (Å²) in [4.78, 5) is 32.4. The third-order valence-electron chi connectivity index (χ3n) is 3.87. The summed E-state index contributed by atoms with van der Waals surface area (Å²) in [5.74, 6) is 0.690. The molecular formula is C16H25N5O2. The second kappa shape index (κ2) is 7.92. The largest absolute Gasteiger partial charge is 0.354 e. The van der Waals surface area contributed by atoms with Crippen LogP contribution in [-0.4, -0.2) is 60.1 Å². The van der Waals surface area contributed by atoms with Gasteiger partial charge in [0.1, 0.15) is 5.82 Å². The van der Waals surface area contributed by atoms with E-state index < -0.39 is 6.03 Å². The second-order valence-corrected chi connectivity index (χ2v) is 6.00. The van der Waals surface area contributed by atoms with Gasteiger partial charge in [0.2, 0.25) is 5.91 Å². The Morgan fingerprint density at radius 2 is 1.83 bits per heavy atom. The standard InChI is InChI=1S/C16H25N5O2/c1-12(2)18-16(23)19-15(22)13(3)20-8-10-21(11-9-20)14-6-4-5-7-17-14/h4-7,12-13H,8-11H2,1-3H3,(H2,18,19,22,23)/t13-/m0/s1. The van der Waals surface area contributed by atoms with Gasteiger partial charge >= 0.3 is 6.03 Å². The number of imide groups is 1. The number of piperazine rings is 1. The summed E-state index contributed by atoms with van der Waals surface area (Å²) in [5, 5.41) is 5.05. The molecule has 126 valence electrons. The molecule has 1 atom stereocenters. The minimum Gasteiger partial charge on any atom is -0.354 e. The molecule has 2 rings (SSSR count). The van der Waals surface area contributed by atoms with Crippen molar-refractivity contribution in [2.45, 2.75) is 32.9 Å². The van der Waals surface area contributed by atoms with E-state index in [1.54, 1.807) is 6.20 Å². The van der Waals surface area contributed by atoms with Gasteiger partial charge in [-0.05, 0) is 32.9 Å². The Balaban J connectivity index is 1.82. The average molecular weight is 319 g/mol. The lowest BCUT2D eigenvalue weighted by Gasteiger charge is -2.37. The molecule has 0 radical (unpaired) electrons. The fourth-order valence-electron chi connectivity index (χ4n) is 2.56. The maximum atomic E-state index is 12.1. The predicted octanol–water partition coefficient (Wildman–Crippen LogP) is 0.826. The van der Waals surface area contributed by atoms with Crippen molar-refractivity contribution in [2.24, 2.45) is 0 Å². The lowest BCUT2D eigenvalue weighted by Crippen LogP contribution is -2.56. The van der Waals surface area contributed by atoms with Gasteiger partial charge in [-0.15, -0.1) is 0 Å². The van der Waals surface area contributed by atoms with Crippen molar-refractivity contribution in [1.82, 2.24) is 20.5 Å². The SMILES string of the molecule is CC(C)NC(=O)NC(=O)[C@H](C)N1CCN(c2ccccn2)CC1. The Labute approximate surface area is 137 Å². The minimum absolute atomic E-state index is 0.0000217. The normalized spacial score (nSPS) is 17.0. The summed E-state index contributed by atoms with van der Waals surface area (Å²) < 4.78 is 0. The van der Waals surface area contributed by atoms with E-state index in [1.165, 1.54) is 0 Å². The summed E-state index contributed by atoms with van der Waals surface area (Å²) in [6.07, 6.45) is 1.78. The van der Waals surface area contributed by atoms with Crippen LogP contribution in [0.5, 0.6) is 0 Å². The Morgan fingerprint density at radius 1 is 1.13 bits per heavy atom. The Hall–Kier alpha value is -2.15. The number of hydrogen-bond donors (Lipinski definition) is 2. The molecule has 0 saturated carbocycles. The van der Waals surface area contributed by atoms with Gasteiger partial charge in [0.15, 0.2) is 0 Å². The highest BCUT2D eigenvalue weighted by molar-refractivity contribution is 5.96. The number of rotatable bonds is 4. The van der Waals surface area contributed by atoms with Crippen LogP contribution in [0.15, 0.2) is 24.4 Å². The number of hydrogen-bond acceptors (Lipinski definition) is 5. The van der Waals surface area contributed by atoms with E-state index in [-0.39, 0.29) is 18.0 Å². The monoisotopic (exact) mass is 319 g/mol. The first-order chi connectivity index (χ1) is 11.0. The molecule has 7 nitrogen and oxygen atoms in total. The number of anilines is 1. The maximum Gasteiger partial charge on any atom is 0.321 e. The Morgan fingerprint density at radius 3 is 2.39 bits per heavy atom. The number of pyridine rings is 1. The molecular weight excluding hydrogens is 294 g/mol. The predicted molar refractivity (Wildman–Crippen MR) is 89.3 cm³/mol. The fourth-order valence-corrected chi connectivity index (χ4v) is 2.56. The fraction of sp³-hybridized carbons (Fsp3) is 0.562. The van der Waals surface area contributed by atoms with Crippen LogP contribution in [0.2, 0.25) is 0 Å². The quantitative estimate of drug-likeness (QED) is 0.859. The lowest BCUT2D eigenvalue weighted by molar-refractivity contribution is -0.124. The topological polar surface area (TPSA) is 77.6 Å². The van der Waals surface area contributed by atoms with Gasteiger partial charge in [0.05, 0.1) is 6.04 Å². The number of aromatic nitrogens is 1. The zero-order valence-electron chi connectivity index (χ0n) is 14.0. The van der Waals surface area contributed by atoms with Crippen molar-refractivity contribution in [3.63, 3.8) is 0 Å². The lowest BCUT2D eigenvalue weighted by atomic mass is 10.2. The van der Waals surface area contributed by atoms with E-state index in [4.69, 9.17) is 0 Å². The van der Waals surface area contributed by atoms with Crippen molar-refractivity contribution in [3.05, 3.63) is 24.4 Å². The smallest absolute Gasteiger partial charge is 0.321 e. The van der Waals surface area contributed by atoms with Crippen molar-refractivity contribution in [2.75, 3.05) is 31.1 Å². The van der Waals surface area contributed by atoms with Crippen LogP contribution in [0.4, 0.5) is 10.6 Å². The number of carbonyl (C=O) groups is 2. The molecule has 3 amide bonds. The van der Waals surface area contributed by atoms with E-state index in [1.807, 2.05) is 39.0 Å². The molecule has 1 fully saturated rings. The van der Waals surface area contributed by atoms with Crippen LogP contribution in [0, 0.1) is 0 Å². The van der Waals surface area contributed by atoms with Gasteiger partial charge in [-0.3, -0.25) is 15.0 Å². The Kier molecular flexibility index (Phi) is 5.92. The van der Waals surface area contributed by atoms with Crippen LogP contribution in [-0.2, 0) is 4.79 Å². The molecule has 1 aliphatic rings. The zero-order valence-corrected chi connectivity index (χ0v) is 14.0. The van der Waals surface area contributed by atoms with Crippen LogP contribution < -0.4 is 15.5 Å². The van der Waals surface area contributed by atoms with E-state index in [0.717, 1.165) is 32.0 Å². The molecule has 1 aromatic heterocycles. The second-order valence-electron chi connectivity index (χ2n) is 6.00. The molecule has 0 bridgehead atoms. The maximum absolute atomic E-state index is 12.1. The molecule has 1 saturated heterocycles. The molecule has 1 aromatic rings. The summed E-state index contributed by atoms with van der Waals surface area (Å²) in [6.45, 7) is 8.68. The van der Waals surface area contributed by atoms with Crippen LogP contribution in [0.25, 0.3) is 0 Å². The number of amides is 3. The highest BCUT2D eigenvalue weighted by Crippen LogP contribution is 2.14. The zero-order chi connectivity index (χ0) is 16.8. The molecule has 7 heteroatoms. The first kappa shape index (κ1) is 17.2. The highest BCUT2D eigenvalue weighted by Gasteiger charge is 2.26. The van der Waals surface area contributed by atoms with Crippen molar-refractivity contribution in [3.8, 4) is 0 Å². The summed E-state index contributed by atoms with van der Waals surface area (Å²) in [7, 11) is 0. The first-order valence-corrected chi connectivity index (χ1v) is 7.98. The molecule has 0 aromatic carbocycles. The molecule has 2 heterocycles. The third-order valence-corrected chi connectivity index (χ3v) is 3.87. The van der Waals surface area contributed by atoms with Gasteiger partial charge in [-0.2, -0.15) is 0 Å². The van der Waals surface area contributed by atoms with E-state index >= 15 is 0 Å². The summed E-state index contributed by atoms with van der Waals surface area (Å²) in [5.41, 5.74) is 0. The van der Waals surface area contributed by atoms with Gasteiger partial charge in [-0.1, -0.05) is 6.07 Å². The first-order valence-electron chi connectivity index (χ1n) is 7.98. The van der Waals surface area contributed by atoms with Gasteiger partial charge in [0.25, 0.3) is 0 Å². The summed E-state index contributed by atoms with van der Waals surface area (Å²) in [6, 6.07) is 5.08. The molecule has 0 aliphatic carbocycles. The number of nitrogens with zero attached hydrogens (tertiary/aromatic N) is 3. The van der Waals surface area contributed by atoms with Crippen molar-refractivity contribution in [1.29, 1.82) is 0 Å². The molecule has 0 unspecified atom stereocenters. The molecule has 1 aliphatic heterocycles. The number of nitrogens with one attached hydrogen (secondary N) is 2. The molecule has 2 N–H and O–H groups in total. The third kappa shape index (κ3) is 4.92. The summed E-state index contributed by atoms with van der Waals surface area (Å²) >= 11 is 0. The number of urea groups is 1. The van der Waals surface area contributed by atoms with Gasteiger partial charge < -0.3 is 10.2 Å². The van der Waals surface area contributed by atoms with Crippen molar-refractivity contribution >= 4 is 17.8 Å². The number of carbonyl (C=O) groups excluding carboxylic acids is 2. The van der Waals surface area contributed by atoms with Gasteiger partial charge in [-0.25, -0.2) is 9.78 Å². The van der Waals surface area contributed by atoms with E-state index in [9.17, 15) is 9.59 Å². The van der Waals surface area contributed by atoms with Crippen LogP contribution in [0.3, 0.4) is 0 Å². The van der Waals surface area contributed by atoms with E-state index in [2.05, 4.69) is 25.4 Å². The Bertz CT molecular complexity index is 527. The minimum atomic E-state index is -0.441. The van der Waals surface area contributed by atoms with Crippen LogP contribution in [0.1, 0.15) is 20.8 Å². The average Bonchev–Trinajstić information content (AvgIpc) is 2.54. The van der Waals surface area contributed by atoms with Gasteiger partial charge in [0, 0.05) is 38.4 Å². The van der Waals surface area contributed by atoms with Crippen molar-refractivity contribution < 1.29 is 9.59 Å².